The summed E-state index contributed by atoms with van der Waals surface area (Å²) in [5, 5.41) is 9.18. The van der Waals surface area contributed by atoms with Crippen LogP contribution in [0.25, 0.3) is 0 Å². The van der Waals surface area contributed by atoms with Crippen molar-refractivity contribution in [3.05, 3.63) is 29.3 Å². The zero-order chi connectivity index (χ0) is 10.8. The van der Waals surface area contributed by atoms with Crippen molar-refractivity contribution < 1.29 is 5.11 Å². The second-order valence-corrected chi connectivity index (χ2v) is 6.04. The molecule has 0 aliphatic heterocycles. The number of rotatable bonds is 3. The minimum Gasteiger partial charge on any atom is -0.395 e. The van der Waals surface area contributed by atoms with E-state index in [2.05, 4.69) is 45.9 Å². The molecule has 2 heteroatoms. The number of aliphatic hydroxyl groups excluding tert-OH is 1. The van der Waals surface area contributed by atoms with Gasteiger partial charge in [0, 0.05) is 9.64 Å². The summed E-state index contributed by atoms with van der Waals surface area (Å²) in [4.78, 5) is 1.26. The molecule has 0 heterocycles. The highest BCUT2D eigenvalue weighted by atomic mass is 32.2. The fourth-order valence-electron chi connectivity index (χ4n) is 1.24. The smallest absolute Gasteiger partial charge is 0.0576 e. The molecule has 0 spiro atoms. The standard InChI is InChI=1S/C12H18OS/c1-9-5-6-11(10(2)7-9)14-12(3,4)8-13/h5-7,13H,8H2,1-4H3. The van der Waals surface area contributed by atoms with Gasteiger partial charge >= 0.3 is 0 Å². The second-order valence-electron chi connectivity index (χ2n) is 4.29. The van der Waals surface area contributed by atoms with Crippen molar-refractivity contribution in [2.45, 2.75) is 37.3 Å². The van der Waals surface area contributed by atoms with Gasteiger partial charge in [0.2, 0.25) is 0 Å². The van der Waals surface area contributed by atoms with Crippen LogP contribution in [0.2, 0.25) is 0 Å². The lowest BCUT2D eigenvalue weighted by Crippen LogP contribution is -2.19. The number of benzene rings is 1. The van der Waals surface area contributed by atoms with Crippen LogP contribution in [0.15, 0.2) is 23.1 Å². The molecule has 0 fully saturated rings. The largest absolute Gasteiger partial charge is 0.395 e. The molecular formula is C12H18OS. The first-order chi connectivity index (χ1) is 6.44. The van der Waals surface area contributed by atoms with Gasteiger partial charge in [-0.3, -0.25) is 0 Å². The molecule has 1 N–H and O–H groups in total. The van der Waals surface area contributed by atoms with Gasteiger partial charge in [-0.1, -0.05) is 17.7 Å². The third kappa shape index (κ3) is 3.03. The van der Waals surface area contributed by atoms with E-state index in [0.717, 1.165) is 0 Å². The predicted molar refractivity (Wildman–Crippen MR) is 62.9 cm³/mol. The summed E-state index contributed by atoms with van der Waals surface area (Å²) in [6.45, 7) is 8.51. The summed E-state index contributed by atoms with van der Waals surface area (Å²) >= 11 is 1.73. The SMILES string of the molecule is Cc1ccc(SC(C)(C)CO)c(C)c1. The molecule has 0 saturated heterocycles. The van der Waals surface area contributed by atoms with Gasteiger partial charge in [0.15, 0.2) is 0 Å². The summed E-state index contributed by atoms with van der Waals surface area (Å²) in [5.41, 5.74) is 2.57. The maximum Gasteiger partial charge on any atom is 0.0576 e. The zero-order valence-corrected chi connectivity index (χ0v) is 10.1. The quantitative estimate of drug-likeness (QED) is 0.773. The Hall–Kier alpha value is -0.470. The topological polar surface area (TPSA) is 20.2 Å². The fraction of sp³-hybridized carbons (Fsp3) is 0.500. The van der Waals surface area contributed by atoms with Crippen molar-refractivity contribution in [1.29, 1.82) is 0 Å². The number of aliphatic hydroxyl groups is 1. The number of aryl methyl sites for hydroxylation is 2. The molecule has 0 aliphatic rings. The lowest BCUT2D eigenvalue weighted by Gasteiger charge is -2.22. The molecule has 0 aromatic heterocycles. The summed E-state index contributed by atoms with van der Waals surface area (Å²) in [6, 6.07) is 6.42. The number of hydrogen-bond donors (Lipinski definition) is 1. The highest BCUT2D eigenvalue weighted by Crippen LogP contribution is 2.34. The molecule has 0 radical (unpaired) electrons. The Morgan fingerprint density at radius 2 is 1.93 bits per heavy atom. The molecule has 1 rings (SSSR count). The minimum atomic E-state index is -0.0972. The molecule has 1 aromatic carbocycles. The van der Waals surface area contributed by atoms with Crippen LogP contribution in [-0.2, 0) is 0 Å². The normalized spacial score (nSPS) is 11.8. The molecule has 0 aliphatic carbocycles. The van der Waals surface area contributed by atoms with Gasteiger partial charge in [-0.25, -0.2) is 0 Å². The molecule has 0 saturated carbocycles. The van der Waals surface area contributed by atoms with E-state index in [9.17, 15) is 5.11 Å². The highest BCUT2D eigenvalue weighted by Gasteiger charge is 2.18. The van der Waals surface area contributed by atoms with Crippen LogP contribution in [0.3, 0.4) is 0 Å². The Bertz CT molecular complexity index is 318. The molecule has 1 aromatic rings. The number of thioether (sulfide) groups is 1. The molecule has 78 valence electrons. The molecular weight excluding hydrogens is 192 g/mol. The summed E-state index contributed by atoms with van der Waals surface area (Å²) < 4.78 is -0.0972. The van der Waals surface area contributed by atoms with E-state index in [4.69, 9.17) is 0 Å². The summed E-state index contributed by atoms with van der Waals surface area (Å²) in [5.74, 6) is 0. The fourth-order valence-corrected chi connectivity index (χ4v) is 2.26. The lowest BCUT2D eigenvalue weighted by atomic mass is 10.2. The Morgan fingerprint density at radius 1 is 1.29 bits per heavy atom. The Labute approximate surface area is 90.5 Å². The second kappa shape index (κ2) is 4.37. The Kier molecular flexibility index (Phi) is 3.62. The maximum atomic E-state index is 9.18. The van der Waals surface area contributed by atoms with Crippen molar-refractivity contribution in [2.24, 2.45) is 0 Å². The zero-order valence-electron chi connectivity index (χ0n) is 9.29. The average Bonchev–Trinajstić information content (AvgIpc) is 2.10. The highest BCUT2D eigenvalue weighted by molar-refractivity contribution is 8.00. The van der Waals surface area contributed by atoms with Gasteiger partial charge in [0.1, 0.15) is 0 Å². The van der Waals surface area contributed by atoms with Gasteiger partial charge in [-0.2, -0.15) is 0 Å². The molecule has 0 atom stereocenters. The van der Waals surface area contributed by atoms with Crippen LogP contribution < -0.4 is 0 Å². The maximum absolute atomic E-state index is 9.18. The summed E-state index contributed by atoms with van der Waals surface area (Å²) in [6.07, 6.45) is 0. The van der Waals surface area contributed by atoms with Gasteiger partial charge in [0.25, 0.3) is 0 Å². The van der Waals surface area contributed by atoms with E-state index in [1.165, 1.54) is 16.0 Å². The van der Waals surface area contributed by atoms with E-state index < -0.39 is 0 Å². The molecule has 1 nitrogen and oxygen atoms in total. The lowest BCUT2D eigenvalue weighted by molar-refractivity contribution is 0.265. The van der Waals surface area contributed by atoms with E-state index in [0.29, 0.717) is 0 Å². The van der Waals surface area contributed by atoms with Crippen LogP contribution in [0.4, 0.5) is 0 Å². The van der Waals surface area contributed by atoms with Gasteiger partial charge < -0.3 is 5.11 Å². The van der Waals surface area contributed by atoms with Crippen LogP contribution in [0.1, 0.15) is 25.0 Å². The van der Waals surface area contributed by atoms with Crippen molar-refractivity contribution >= 4 is 11.8 Å². The van der Waals surface area contributed by atoms with Crippen molar-refractivity contribution in [1.82, 2.24) is 0 Å². The van der Waals surface area contributed by atoms with Crippen molar-refractivity contribution in [2.75, 3.05) is 6.61 Å². The third-order valence-corrected chi connectivity index (χ3v) is 3.46. The Balaban J connectivity index is 2.87. The Morgan fingerprint density at radius 3 is 2.43 bits per heavy atom. The molecule has 14 heavy (non-hydrogen) atoms. The first-order valence-corrected chi connectivity index (χ1v) is 5.63. The first kappa shape index (κ1) is 11.6. The van der Waals surface area contributed by atoms with E-state index in [1.807, 2.05) is 0 Å². The number of hydrogen-bond acceptors (Lipinski definition) is 2. The first-order valence-electron chi connectivity index (χ1n) is 4.82. The summed E-state index contributed by atoms with van der Waals surface area (Å²) in [7, 11) is 0. The monoisotopic (exact) mass is 210 g/mol. The van der Waals surface area contributed by atoms with Crippen molar-refractivity contribution in [3.63, 3.8) is 0 Å². The predicted octanol–water partition coefficient (Wildman–Crippen LogP) is 3.17. The van der Waals surface area contributed by atoms with Crippen LogP contribution >= 0.6 is 11.8 Å². The molecule has 0 amide bonds. The molecule has 0 unspecified atom stereocenters. The third-order valence-electron chi connectivity index (χ3n) is 2.10. The molecule has 0 bridgehead atoms. The van der Waals surface area contributed by atoms with E-state index in [-0.39, 0.29) is 11.4 Å². The van der Waals surface area contributed by atoms with Crippen molar-refractivity contribution in [3.8, 4) is 0 Å². The van der Waals surface area contributed by atoms with Gasteiger partial charge in [-0.05, 0) is 39.3 Å². The van der Waals surface area contributed by atoms with E-state index in [1.54, 1.807) is 11.8 Å². The van der Waals surface area contributed by atoms with Crippen LogP contribution in [0, 0.1) is 13.8 Å². The van der Waals surface area contributed by atoms with Crippen LogP contribution in [-0.4, -0.2) is 16.5 Å². The average molecular weight is 210 g/mol. The van der Waals surface area contributed by atoms with E-state index >= 15 is 0 Å². The van der Waals surface area contributed by atoms with Crippen LogP contribution in [0.5, 0.6) is 0 Å². The van der Waals surface area contributed by atoms with Gasteiger partial charge in [-0.15, -0.1) is 11.8 Å². The van der Waals surface area contributed by atoms with Gasteiger partial charge in [0.05, 0.1) is 6.61 Å². The minimum absolute atomic E-state index is 0.0972.